The van der Waals surface area contributed by atoms with Gasteiger partial charge in [0, 0.05) is 12.0 Å². The monoisotopic (exact) mass is 202 g/mol. The zero-order valence-electron chi connectivity index (χ0n) is 7.80. The molecule has 0 atom stereocenters. The quantitative estimate of drug-likeness (QED) is 0.735. The summed E-state index contributed by atoms with van der Waals surface area (Å²) in [5.74, 6) is -4.57. The fraction of sp³-hybridized carbons (Fsp3) is 0.400. The van der Waals surface area contributed by atoms with Crippen LogP contribution in [0.5, 0.6) is 0 Å². The van der Waals surface area contributed by atoms with Crippen molar-refractivity contribution in [2.45, 2.75) is 25.6 Å². The smallest absolute Gasteiger partial charge is 0.192 e. The van der Waals surface area contributed by atoms with Gasteiger partial charge >= 0.3 is 0 Å². The minimum Gasteiger partial charge on any atom is -0.362 e. The molecule has 78 valence electrons. The summed E-state index contributed by atoms with van der Waals surface area (Å²) in [7, 11) is 0. The SMILES string of the molecule is CCCC(O)(O)c1cccc(F)c1F. The lowest BCUT2D eigenvalue weighted by Crippen LogP contribution is -2.26. The van der Waals surface area contributed by atoms with Crippen molar-refractivity contribution < 1.29 is 19.0 Å². The Morgan fingerprint density at radius 1 is 1.29 bits per heavy atom. The van der Waals surface area contributed by atoms with E-state index in [1.807, 2.05) is 0 Å². The summed E-state index contributed by atoms with van der Waals surface area (Å²) in [6.45, 7) is 1.72. The molecule has 0 aliphatic heterocycles. The van der Waals surface area contributed by atoms with E-state index in [2.05, 4.69) is 0 Å². The molecule has 1 aromatic carbocycles. The van der Waals surface area contributed by atoms with Gasteiger partial charge in [-0.3, -0.25) is 0 Å². The number of hydrogen-bond donors (Lipinski definition) is 2. The third-order valence-corrected chi connectivity index (χ3v) is 1.98. The fourth-order valence-corrected chi connectivity index (χ4v) is 1.30. The Hall–Kier alpha value is -1.00. The minimum absolute atomic E-state index is 0.0344. The predicted octanol–water partition coefficient (Wildman–Crippen LogP) is 1.90. The lowest BCUT2D eigenvalue weighted by atomic mass is 10.0. The highest BCUT2D eigenvalue weighted by Crippen LogP contribution is 2.26. The lowest BCUT2D eigenvalue weighted by molar-refractivity contribution is -0.176. The molecule has 14 heavy (non-hydrogen) atoms. The van der Waals surface area contributed by atoms with Crippen LogP contribution in [0.2, 0.25) is 0 Å². The molecule has 0 heterocycles. The molecule has 0 saturated heterocycles. The summed E-state index contributed by atoms with van der Waals surface area (Å²) in [5.41, 5.74) is -0.417. The zero-order valence-corrected chi connectivity index (χ0v) is 7.80. The highest BCUT2D eigenvalue weighted by molar-refractivity contribution is 5.23. The minimum atomic E-state index is -2.29. The first-order chi connectivity index (χ1) is 6.49. The molecule has 0 fully saturated rings. The van der Waals surface area contributed by atoms with Gasteiger partial charge < -0.3 is 10.2 Å². The molecule has 0 amide bonds. The van der Waals surface area contributed by atoms with Gasteiger partial charge in [-0.2, -0.15) is 0 Å². The maximum Gasteiger partial charge on any atom is 0.192 e. The van der Waals surface area contributed by atoms with Gasteiger partial charge in [-0.1, -0.05) is 25.5 Å². The van der Waals surface area contributed by atoms with Gasteiger partial charge in [0.25, 0.3) is 0 Å². The summed E-state index contributed by atoms with van der Waals surface area (Å²) in [6, 6.07) is 3.33. The Morgan fingerprint density at radius 2 is 1.93 bits per heavy atom. The summed E-state index contributed by atoms with van der Waals surface area (Å²) in [6.07, 6.45) is 0.427. The van der Waals surface area contributed by atoms with E-state index in [0.29, 0.717) is 6.42 Å². The average Bonchev–Trinajstić information content (AvgIpc) is 2.09. The van der Waals surface area contributed by atoms with Crippen LogP contribution < -0.4 is 0 Å². The maximum absolute atomic E-state index is 13.1. The van der Waals surface area contributed by atoms with Crippen LogP contribution in [0.15, 0.2) is 18.2 Å². The molecular formula is C10H12F2O2. The first kappa shape index (κ1) is 11.1. The van der Waals surface area contributed by atoms with E-state index in [1.54, 1.807) is 6.92 Å². The zero-order chi connectivity index (χ0) is 10.8. The van der Waals surface area contributed by atoms with Crippen LogP contribution in [0.25, 0.3) is 0 Å². The highest BCUT2D eigenvalue weighted by Gasteiger charge is 2.29. The third kappa shape index (κ3) is 2.08. The van der Waals surface area contributed by atoms with Crippen LogP contribution in [0, 0.1) is 11.6 Å². The van der Waals surface area contributed by atoms with E-state index in [0.717, 1.165) is 12.1 Å². The van der Waals surface area contributed by atoms with Crippen molar-refractivity contribution in [1.29, 1.82) is 0 Å². The normalized spacial score (nSPS) is 11.8. The van der Waals surface area contributed by atoms with Crippen LogP contribution in [-0.4, -0.2) is 10.2 Å². The van der Waals surface area contributed by atoms with Crippen molar-refractivity contribution in [1.82, 2.24) is 0 Å². The van der Waals surface area contributed by atoms with Crippen molar-refractivity contribution in [3.8, 4) is 0 Å². The van der Waals surface area contributed by atoms with E-state index in [9.17, 15) is 19.0 Å². The van der Waals surface area contributed by atoms with Crippen LogP contribution in [0.3, 0.4) is 0 Å². The number of halogens is 2. The molecule has 0 spiro atoms. The molecule has 0 aliphatic carbocycles. The van der Waals surface area contributed by atoms with Gasteiger partial charge in [0.05, 0.1) is 0 Å². The van der Waals surface area contributed by atoms with E-state index in [1.165, 1.54) is 6.07 Å². The van der Waals surface area contributed by atoms with Gasteiger partial charge in [0.2, 0.25) is 0 Å². The van der Waals surface area contributed by atoms with Crippen molar-refractivity contribution in [2.24, 2.45) is 0 Å². The van der Waals surface area contributed by atoms with E-state index in [4.69, 9.17) is 0 Å². The first-order valence-corrected chi connectivity index (χ1v) is 4.38. The second-order valence-electron chi connectivity index (χ2n) is 3.17. The number of benzene rings is 1. The Morgan fingerprint density at radius 3 is 2.50 bits per heavy atom. The van der Waals surface area contributed by atoms with Gasteiger partial charge in [-0.05, 0) is 6.07 Å². The standard InChI is InChI=1S/C10H12F2O2/c1-2-6-10(13,14)7-4-3-5-8(11)9(7)12/h3-5,13-14H,2,6H2,1H3. The van der Waals surface area contributed by atoms with Crippen molar-refractivity contribution in [3.05, 3.63) is 35.4 Å². The highest BCUT2D eigenvalue weighted by atomic mass is 19.2. The van der Waals surface area contributed by atoms with E-state index < -0.39 is 23.0 Å². The second kappa shape index (κ2) is 4.02. The van der Waals surface area contributed by atoms with Gasteiger partial charge in [-0.15, -0.1) is 0 Å². The Labute approximate surface area is 80.8 Å². The Kier molecular flexibility index (Phi) is 3.18. The van der Waals surface area contributed by atoms with Gasteiger partial charge in [0.15, 0.2) is 17.4 Å². The molecule has 2 nitrogen and oxygen atoms in total. The van der Waals surface area contributed by atoms with Crippen LogP contribution in [0.4, 0.5) is 8.78 Å². The third-order valence-electron chi connectivity index (χ3n) is 1.98. The van der Waals surface area contributed by atoms with E-state index in [-0.39, 0.29) is 6.42 Å². The van der Waals surface area contributed by atoms with Crippen LogP contribution in [0.1, 0.15) is 25.3 Å². The van der Waals surface area contributed by atoms with Crippen LogP contribution in [-0.2, 0) is 5.79 Å². The molecule has 2 N–H and O–H groups in total. The Balaban J connectivity index is 3.12. The molecule has 0 unspecified atom stereocenters. The Bertz CT molecular complexity index is 324. The van der Waals surface area contributed by atoms with Crippen LogP contribution >= 0.6 is 0 Å². The fourth-order valence-electron chi connectivity index (χ4n) is 1.30. The average molecular weight is 202 g/mol. The second-order valence-corrected chi connectivity index (χ2v) is 3.17. The molecule has 0 bridgehead atoms. The first-order valence-electron chi connectivity index (χ1n) is 4.38. The molecule has 1 rings (SSSR count). The lowest BCUT2D eigenvalue weighted by Gasteiger charge is -2.21. The molecule has 4 heteroatoms. The number of hydrogen-bond acceptors (Lipinski definition) is 2. The maximum atomic E-state index is 13.1. The molecule has 1 aromatic rings. The topological polar surface area (TPSA) is 40.5 Å². The van der Waals surface area contributed by atoms with Crippen molar-refractivity contribution in [3.63, 3.8) is 0 Å². The van der Waals surface area contributed by atoms with Gasteiger partial charge in [-0.25, -0.2) is 8.78 Å². The predicted molar refractivity (Wildman–Crippen MR) is 47.4 cm³/mol. The van der Waals surface area contributed by atoms with E-state index >= 15 is 0 Å². The summed E-state index contributed by atoms with van der Waals surface area (Å²) >= 11 is 0. The van der Waals surface area contributed by atoms with Gasteiger partial charge in [0.1, 0.15) is 0 Å². The molecule has 0 aliphatic rings. The molecule has 0 aromatic heterocycles. The summed E-state index contributed by atoms with van der Waals surface area (Å²) in [5, 5.41) is 18.9. The molecular weight excluding hydrogens is 190 g/mol. The molecule has 0 saturated carbocycles. The largest absolute Gasteiger partial charge is 0.362 e. The summed E-state index contributed by atoms with van der Waals surface area (Å²) in [4.78, 5) is 0. The number of aliphatic hydroxyl groups is 2. The summed E-state index contributed by atoms with van der Waals surface area (Å²) < 4.78 is 25.9. The van der Waals surface area contributed by atoms with Crippen molar-refractivity contribution in [2.75, 3.05) is 0 Å². The molecule has 0 radical (unpaired) electrons. The number of rotatable bonds is 3. The van der Waals surface area contributed by atoms with Crippen molar-refractivity contribution >= 4 is 0 Å².